The van der Waals surface area contributed by atoms with Crippen molar-refractivity contribution < 1.29 is 9.59 Å². The first-order chi connectivity index (χ1) is 16.5. The Morgan fingerprint density at radius 1 is 0.853 bits per heavy atom. The topological polar surface area (TPSA) is 80.2 Å². The van der Waals surface area contributed by atoms with Gasteiger partial charge in [-0.05, 0) is 30.9 Å². The van der Waals surface area contributed by atoms with Crippen LogP contribution in [0.2, 0.25) is 0 Å². The van der Waals surface area contributed by atoms with Gasteiger partial charge in [-0.25, -0.2) is 0 Å². The molecule has 0 spiro atoms. The summed E-state index contributed by atoms with van der Waals surface area (Å²) in [6.07, 6.45) is 7.29. The molecule has 1 aliphatic rings. The zero-order valence-electron chi connectivity index (χ0n) is 19.5. The number of amides is 2. The Bertz CT molecular complexity index is 1200. The van der Waals surface area contributed by atoms with Gasteiger partial charge >= 0.3 is 0 Å². The maximum absolute atomic E-state index is 13.3. The van der Waals surface area contributed by atoms with Crippen molar-refractivity contribution in [2.45, 2.75) is 44.6 Å². The standard InChI is InChI=1S/C28H31N3O3/c1-2-29-26(33)23-18-31(17-21-11-5-3-6-12-21)19-24(25(23)32)27(34)30-20-28(15-9-10-16-28)22-13-7-4-8-14-22/h3-8,11-14,18-19H,2,9-10,15-17,20H2,1H3,(H,29,33)(H,30,34). The van der Waals surface area contributed by atoms with E-state index in [9.17, 15) is 14.4 Å². The Morgan fingerprint density at radius 3 is 2.00 bits per heavy atom. The SMILES string of the molecule is CCNC(=O)c1cn(Cc2ccccc2)cc(C(=O)NCC2(c3ccccc3)CCCC2)c1=O. The Labute approximate surface area is 200 Å². The molecule has 2 N–H and O–H groups in total. The molecule has 6 nitrogen and oxygen atoms in total. The van der Waals surface area contributed by atoms with E-state index >= 15 is 0 Å². The number of nitrogens with one attached hydrogen (secondary N) is 2. The smallest absolute Gasteiger partial charge is 0.256 e. The van der Waals surface area contributed by atoms with E-state index < -0.39 is 17.2 Å². The van der Waals surface area contributed by atoms with Crippen molar-refractivity contribution in [1.29, 1.82) is 0 Å². The number of hydrogen-bond donors (Lipinski definition) is 2. The van der Waals surface area contributed by atoms with Crippen molar-refractivity contribution in [3.8, 4) is 0 Å². The van der Waals surface area contributed by atoms with Crippen molar-refractivity contribution in [1.82, 2.24) is 15.2 Å². The van der Waals surface area contributed by atoms with Gasteiger partial charge in [0.05, 0.1) is 0 Å². The van der Waals surface area contributed by atoms with Gasteiger partial charge in [-0.15, -0.1) is 0 Å². The summed E-state index contributed by atoms with van der Waals surface area (Å²) in [5.74, 6) is -0.916. The molecule has 176 valence electrons. The summed E-state index contributed by atoms with van der Waals surface area (Å²) in [5, 5.41) is 5.71. The van der Waals surface area contributed by atoms with Crippen LogP contribution in [-0.2, 0) is 12.0 Å². The number of carbonyl (C=O) groups excluding carboxylic acids is 2. The number of nitrogens with zero attached hydrogens (tertiary/aromatic N) is 1. The lowest BCUT2D eigenvalue weighted by Gasteiger charge is -2.30. The molecule has 3 aromatic rings. The Hall–Kier alpha value is -3.67. The summed E-state index contributed by atoms with van der Waals surface area (Å²) in [6.45, 7) is 3.09. The van der Waals surface area contributed by atoms with E-state index in [0.717, 1.165) is 31.2 Å². The molecular formula is C28H31N3O3. The van der Waals surface area contributed by atoms with E-state index in [2.05, 4.69) is 22.8 Å². The molecule has 2 aromatic carbocycles. The quantitative estimate of drug-likeness (QED) is 0.539. The molecule has 1 saturated carbocycles. The highest BCUT2D eigenvalue weighted by atomic mass is 16.2. The maximum Gasteiger partial charge on any atom is 0.256 e. The molecule has 1 heterocycles. The van der Waals surface area contributed by atoms with Gasteiger partial charge in [0.1, 0.15) is 11.1 Å². The van der Waals surface area contributed by atoms with Crippen LogP contribution < -0.4 is 16.1 Å². The second-order valence-electron chi connectivity index (χ2n) is 8.97. The van der Waals surface area contributed by atoms with Crippen LogP contribution in [0.1, 0.15) is 64.4 Å². The van der Waals surface area contributed by atoms with E-state index in [1.54, 1.807) is 17.7 Å². The Balaban J connectivity index is 1.63. The van der Waals surface area contributed by atoms with Crippen LogP contribution >= 0.6 is 0 Å². The molecule has 4 rings (SSSR count). The average molecular weight is 458 g/mol. The zero-order chi connectivity index (χ0) is 24.0. The van der Waals surface area contributed by atoms with Crippen molar-refractivity contribution in [3.05, 3.63) is 106 Å². The molecule has 6 heteroatoms. The lowest BCUT2D eigenvalue weighted by molar-refractivity contribution is 0.0941. The van der Waals surface area contributed by atoms with Crippen LogP contribution in [0.5, 0.6) is 0 Å². The average Bonchev–Trinajstić information content (AvgIpc) is 3.35. The van der Waals surface area contributed by atoms with Crippen LogP contribution in [0.15, 0.2) is 77.9 Å². The number of hydrogen-bond acceptors (Lipinski definition) is 3. The molecule has 34 heavy (non-hydrogen) atoms. The molecule has 0 atom stereocenters. The van der Waals surface area contributed by atoms with Crippen LogP contribution in [0, 0.1) is 0 Å². The summed E-state index contributed by atoms with van der Waals surface area (Å²) in [5.41, 5.74) is 1.51. The predicted octanol–water partition coefficient (Wildman–Crippen LogP) is 3.89. The minimum absolute atomic E-state index is 0.0131. The highest BCUT2D eigenvalue weighted by molar-refractivity contribution is 5.99. The number of rotatable bonds is 8. The lowest BCUT2D eigenvalue weighted by atomic mass is 9.79. The third kappa shape index (κ3) is 5.11. The minimum atomic E-state index is -0.548. The maximum atomic E-state index is 13.3. The van der Waals surface area contributed by atoms with E-state index in [4.69, 9.17) is 0 Å². The molecular weight excluding hydrogens is 426 g/mol. The summed E-state index contributed by atoms with van der Waals surface area (Å²) >= 11 is 0. The predicted molar refractivity (Wildman–Crippen MR) is 133 cm³/mol. The number of aromatic nitrogens is 1. The summed E-state index contributed by atoms with van der Waals surface area (Å²) in [4.78, 5) is 39.0. The fraction of sp³-hybridized carbons (Fsp3) is 0.321. The summed E-state index contributed by atoms with van der Waals surface area (Å²) in [6, 6.07) is 20.0. The molecule has 1 fully saturated rings. The van der Waals surface area contributed by atoms with Gasteiger partial charge in [0.25, 0.3) is 11.8 Å². The molecule has 0 bridgehead atoms. The van der Waals surface area contributed by atoms with E-state index in [1.807, 2.05) is 48.5 Å². The third-order valence-electron chi connectivity index (χ3n) is 6.65. The molecule has 0 saturated heterocycles. The van der Waals surface area contributed by atoms with E-state index in [-0.39, 0.29) is 16.5 Å². The van der Waals surface area contributed by atoms with E-state index in [1.165, 1.54) is 11.8 Å². The monoisotopic (exact) mass is 457 g/mol. The Morgan fingerprint density at radius 2 is 1.41 bits per heavy atom. The largest absolute Gasteiger partial charge is 0.352 e. The van der Waals surface area contributed by atoms with Crippen molar-refractivity contribution >= 4 is 11.8 Å². The van der Waals surface area contributed by atoms with E-state index in [0.29, 0.717) is 19.6 Å². The van der Waals surface area contributed by atoms with Crippen molar-refractivity contribution in [3.63, 3.8) is 0 Å². The third-order valence-corrected chi connectivity index (χ3v) is 6.65. The summed E-state index contributed by atoms with van der Waals surface area (Å²) < 4.78 is 1.73. The summed E-state index contributed by atoms with van der Waals surface area (Å²) in [7, 11) is 0. The zero-order valence-corrected chi connectivity index (χ0v) is 19.5. The molecule has 0 aliphatic heterocycles. The fourth-order valence-electron chi connectivity index (χ4n) is 4.85. The number of pyridine rings is 1. The second kappa shape index (κ2) is 10.5. The highest BCUT2D eigenvalue weighted by Gasteiger charge is 2.36. The normalized spacial score (nSPS) is 14.5. The van der Waals surface area contributed by atoms with Gasteiger partial charge < -0.3 is 15.2 Å². The van der Waals surface area contributed by atoms with Crippen LogP contribution in [0.25, 0.3) is 0 Å². The van der Waals surface area contributed by atoms with Crippen LogP contribution in [-0.4, -0.2) is 29.5 Å². The lowest BCUT2D eigenvalue weighted by Crippen LogP contribution is -2.41. The number of carbonyl (C=O) groups is 2. The van der Waals surface area contributed by atoms with Gasteiger partial charge in [0, 0.05) is 37.4 Å². The first-order valence-electron chi connectivity index (χ1n) is 11.9. The minimum Gasteiger partial charge on any atom is -0.352 e. The van der Waals surface area contributed by atoms with Gasteiger partial charge in [0.2, 0.25) is 5.43 Å². The first kappa shape index (κ1) is 23.5. The van der Waals surface area contributed by atoms with Crippen molar-refractivity contribution in [2.75, 3.05) is 13.1 Å². The van der Waals surface area contributed by atoms with Crippen LogP contribution in [0.3, 0.4) is 0 Å². The van der Waals surface area contributed by atoms with Gasteiger partial charge in [0.15, 0.2) is 0 Å². The van der Waals surface area contributed by atoms with Gasteiger partial charge in [-0.1, -0.05) is 73.5 Å². The molecule has 2 amide bonds. The highest BCUT2D eigenvalue weighted by Crippen LogP contribution is 2.40. The number of benzene rings is 2. The fourth-order valence-corrected chi connectivity index (χ4v) is 4.85. The van der Waals surface area contributed by atoms with Crippen molar-refractivity contribution in [2.24, 2.45) is 0 Å². The molecule has 0 unspecified atom stereocenters. The molecule has 0 radical (unpaired) electrons. The van der Waals surface area contributed by atoms with Gasteiger partial charge in [-0.3, -0.25) is 14.4 Å². The van der Waals surface area contributed by atoms with Gasteiger partial charge in [-0.2, -0.15) is 0 Å². The molecule has 1 aliphatic carbocycles. The molecule has 1 aromatic heterocycles. The van der Waals surface area contributed by atoms with Crippen LogP contribution in [0.4, 0.5) is 0 Å². The second-order valence-corrected chi connectivity index (χ2v) is 8.97. The first-order valence-corrected chi connectivity index (χ1v) is 11.9. The Kier molecular flexibility index (Phi) is 7.26.